The van der Waals surface area contributed by atoms with E-state index in [4.69, 9.17) is 0 Å². The Kier molecular flexibility index (Phi) is 10.8. The molecule has 1 rings (SSSR count). The van der Waals surface area contributed by atoms with Gasteiger partial charge in [0.1, 0.15) is 0 Å². The Morgan fingerprint density at radius 2 is 2.12 bits per heavy atom. The number of allylic oxidation sites excluding steroid dienone is 2. The average molecular weight is 229 g/mol. The summed E-state index contributed by atoms with van der Waals surface area (Å²) >= 11 is 0. The van der Waals surface area contributed by atoms with E-state index < -0.39 is 0 Å². The van der Waals surface area contributed by atoms with Crippen molar-refractivity contribution in [2.24, 2.45) is 5.92 Å². The van der Waals surface area contributed by atoms with Gasteiger partial charge in [-0.25, -0.2) is 0 Å². The van der Waals surface area contributed by atoms with Crippen LogP contribution in [0.15, 0.2) is 12.2 Å². The molecule has 1 unspecified atom stereocenters. The van der Waals surface area contributed by atoms with E-state index in [-0.39, 0.29) is 76.3 Å². The molecule has 0 saturated heterocycles. The van der Waals surface area contributed by atoms with Gasteiger partial charge in [-0.2, -0.15) is 5.92 Å². The second-order valence-corrected chi connectivity index (χ2v) is 1.77. The summed E-state index contributed by atoms with van der Waals surface area (Å²) in [5.74, 6) is 0.616. The van der Waals surface area contributed by atoms with Gasteiger partial charge in [-0.15, -0.1) is 6.08 Å². The molecule has 0 bridgehead atoms. The average Bonchev–Trinajstić information content (AvgIpc) is 1.86. The van der Waals surface area contributed by atoms with Crippen molar-refractivity contribution in [3.05, 3.63) is 26.5 Å². The third kappa shape index (κ3) is 4.65. The van der Waals surface area contributed by atoms with Crippen molar-refractivity contribution in [1.29, 1.82) is 0 Å². The topological polar surface area (TPSA) is 0 Å². The molecule has 0 fully saturated rings. The fourth-order valence-electron chi connectivity index (χ4n) is 0.695. The van der Waals surface area contributed by atoms with Crippen LogP contribution in [0.2, 0.25) is 0 Å². The molecule has 0 N–H and O–H groups in total. The molecule has 0 spiro atoms. The van der Waals surface area contributed by atoms with E-state index in [1.165, 1.54) is 12.8 Å². The first-order valence-electron chi connectivity index (χ1n) is 2.39. The minimum atomic E-state index is 0. The van der Waals surface area contributed by atoms with Gasteiger partial charge in [0.05, 0.1) is 0 Å². The summed E-state index contributed by atoms with van der Waals surface area (Å²) in [6, 6.07) is 0. The van der Waals surface area contributed by atoms with Crippen molar-refractivity contribution in [1.82, 2.24) is 0 Å². The van der Waals surface area contributed by atoms with Crippen LogP contribution in [0.25, 0.3) is 0 Å². The summed E-state index contributed by atoms with van der Waals surface area (Å²) in [5.41, 5.74) is 0. The monoisotopic (exact) mass is 229 g/mol. The molecule has 0 aromatic heterocycles. The third-order valence-corrected chi connectivity index (χ3v) is 1.11. The fourth-order valence-corrected chi connectivity index (χ4v) is 0.695. The van der Waals surface area contributed by atoms with E-state index in [1.54, 1.807) is 0 Å². The fraction of sp³-hybridized carbons (Fsp3) is 0.429. The Morgan fingerprint density at radius 3 is 2.25 bits per heavy atom. The van der Waals surface area contributed by atoms with Crippen LogP contribution in [0.1, 0.15) is 12.8 Å². The second-order valence-electron chi connectivity index (χ2n) is 1.77. The molecule has 1 aliphatic rings. The Labute approximate surface area is 112 Å². The molecule has 0 radical (unpaired) electrons. The van der Waals surface area contributed by atoms with Crippen molar-refractivity contribution in [2.75, 3.05) is 0 Å². The first-order valence-corrected chi connectivity index (χ1v) is 2.39. The molecule has 42 valence electrons. The molecule has 0 aromatic carbocycles. The van der Waals surface area contributed by atoms with Crippen molar-refractivity contribution < 1.29 is 68.9 Å². The summed E-state index contributed by atoms with van der Waals surface area (Å²) < 4.78 is 0. The van der Waals surface area contributed by atoms with Gasteiger partial charge >= 0.3 is 68.9 Å². The summed E-state index contributed by atoms with van der Waals surface area (Å²) in [4.78, 5) is 0. The summed E-state index contributed by atoms with van der Waals surface area (Å²) in [6.45, 7) is 3.85. The molecular formula is C7H12Cs-. The van der Waals surface area contributed by atoms with Crippen molar-refractivity contribution in [3.8, 4) is 0 Å². The van der Waals surface area contributed by atoms with Crippen LogP contribution in [-0.4, -0.2) is 0 Å². The smallest absolute Gasteiger partial charge is 0.358 e. The van der Waals surface area contributed by atoms with E-state index in [2.05, 4.69) is 19.1 Å². The van der Waals surface area contributed by atoms with Crippen LogP contribution in [0.3, 0.4) is 0 Å². The molecule has 1 heteroatoms. The molecule has 8 heavy (non-hydrogen) atoms. The van der Waals surface area contributed by atoms with E-state index in [0.717, 1.165) is 0 Å². The number of rotatable bonds is 0. The van der Waals surface area contributed by atoms with Gasteiger partial charge < -0.3 is 14.4 Å². The standard InChI is InChI=1S/C6H9.CH3.Cs/c1-6-4-2-3-5-6;;/h2,4,6H,1,3,5H2;1H3;/q2*-1;+1. The molecule has 0 amide bonds. The first-order chi connectivity index (χ1) is 2.89. The van der Waals surface area contributed by atoms with Gasteiger partial charge in [0, 0.05) is 0 Å². The van der Waals surface area contributed by atoms with Crippen LogP contribution in [0.5, 0.6) is 0 Å². The molecule has 0 nitrogen and oxygen atoms in total. The maximum atomic E-state index is 3.85. The summed E-state index contributed by atoms with van der Waals surface area (Å²) in [7, 11) is 0. The summed E-state index contributed by atoms with van der Waals surface area (Å²) in [5, 5.41) is 0. The van der Waals surface area contributed by atoms with E-state index in [1.807, 2.05) is 0 Å². The Hall–Kier alpha value is 1.79. The van der Waals surface area contributed by atoms with Crippen LogP contribution < -0.4 is 68.9 Å². The van der Waals surface area contributed by atoms with Gasteiger partial charge in [0.2, 0.25) is 0 Å². The van der Waals surface area contributed by atoms with Crippen LogP contribution >= 0.6 is 0 Å². The predicted octanol–water partition coefficient (Wildman–Crippen LogP) is -0.759. The zero-order valence-corrected chi connectivity index (χ0v) is 12.1. The molecule has 0 aromatic rings. The number of hydrogen-bond acceptors (Lipinski definition) is 0. The summed E-state index contributed by atoms with van der Waals surface area (Å²) in [6.07, 6.45) is 6.87. The van der Waals surface area contributed by atoms with Gasteiger partial charge in [0.25, 0.3) is 0 Å². The van der Waals surface area contributed by atoms with Gasteiger partial charge in [-0.1, -0.05) is 12.5 Å². The Balaban J connectivity index is 0. The minimum Gasteiger partial charge on any atom is -0.358 e. The maximum Gasteiger partial charge on any atom is 1.00 e. The third-order valence-electron chi connectivity index (χ3n) is 1.11. The molecule has 1 aliphatic carbocycles. The largest absolute Gasteiger partial charge is 1.00 e. The molecule has 1 atom stereocenters. The molecular weight excluding hydrogens is 217 g/mol. The van der Waals surface area contributed by atoms with Crippen LogP contribution in [0, 0.1) is 20.3 Å². The Bertz CT molecular complexity index is 66.8. The van der Waals surface area contributed by atoms with Crippen molar-refractivity contribution in [3.63, 3.8) is 0 Å². The second kappa shape index (κ2) is 6.91. The predicted molar refractivity (Wildman–Crippen MR) is 33.6 cm³/mol. The van der Waals surface area contributed by atoms with Gasteiger partial charge in [-0.3, -0.25) is 0 Å². The number of hydrogen-bond donors (Lipinski definition) is 0. The normalized spacial score (nSPS) is 23.9. The van der Waals surface area contributed by atoms with E-state index in [9.17, 15) is 0 Å². The van der Waals surface area contributed by atoms with Crippen molar-refractivity contribution in [2.45, 2.75) is 12.8 Å². The van der Waals surface area contributed by atoms with Crippen LogP contribution in [-0.2, 0) is 0 Å². The first kappa shape index (κ1) is 12.5. The maximum absolute atomic E-state index is 3.85. The Morgan fingerprint density at radius 1 is 1.50 bits per heavy atom. The molecule has 0 aliphatic heterocycles. The quantitative estimate of drug-likeness (QED) is 0.378. The van der Waals surface area contributed by atoms with E-state index in [0.29, 0.717) is 5.92 Å². The van der Waals surface area contributed by atoms with Gasteiger partial charge in [0.15, 0.2) is 0 Å². The molecule has 0 saturated carbocycles. The zero-order valence-electron chi connectivity index (χ0n) is 5.85. The minimum absolute atomic E-state index is 0. The van der Waals surface area contributed by atoms with Crippen LogP contribution in [0.4, 0.5) is 0 Å². The van der Waals surface area contributed by atoms with Gasteiger partial charge in [-0.05, 0) is 6.42 Å². The zero-order chi connectivity index (χ0) is 4.41. The molecule has 0 heterocycles. The SMILES string of the molecule is [CH2-]C1C=CCC1.[CH3-].[Cs+]. The van der Waals surface area contributed by atoms with Crippen molar-refractivity contribution >= 4 is 0 Å². The van der Waals surface area contributed by atoms with E-state index >= 15 is 0 Å².